The molecule has 0 radical (unpaired) electrons. The van der Waals surface area contributed by atoms with E-state index in [-0.39, 0.29) is 5.41 Å². The van der Waals surface area contributed by atoms with Crippen molar-refractivity contribution >= 4 is 11.1 Å². The molecule has 0 spiro atoms. The lowest BCUT2D eigenvalue weighted by Gasteiger charge is -2.33. The molecular weight excluding hydrogens is 224 g/mol. The molecule has 1 aliphatic heterocycles. The maximum absolute atomic E-state index is 6.04. The number of aromatic nitrogens is 1. The third kappa shape index (κ3) is 1.83. The molecule has 2 aromatic rings. The summed E-state index contributed by atoms with van der Waals surface area (Å²) in [6.07, 6.45) is 3.34. The van der Waals surface area contributed by atoms with E-state index in [0.29, 0.717) is 0 Å². The highest BCUT2D eigenvalue weighted by Crippen LogP contribution is 2.37. The summed E-state index contributed by atoms with van der Waals surface area (Å²) < 4.78 is 6.04. The molecule has 1 saturated heterocycles. The molecule has 3 nitrogen and oxygen atoms in total. The number of benzene rings is 1. The highest BCUT2D eigenvalue weighted by molar-refractivity contribution is 5.73. The molecule has 0 bridgehead atoms. The standard InChI is InChI=1S/C15H20N2O/c1-3-15(6-8-16-9-7-15)14-17-12-5-4-11(2)10-13(12)18-14/h4-5,10,16H,3,6-9H2,1-2H3. The fraction of sp³-hybridized carbons (Fsp3) is 0.533. The first-order chi connectivity index (χ1) is 8.73. The second-order valence-electron chi connectivity index (χ2n) is 5.37. The second-order valence-corrected chi connectivity index (χ2v) is 5.37. The van der Waals surface area contributed by atoms with Crippen LogP contribution < -0.4 is 5.32 Å². The summed E-state index contributed by atoms with van der Waals surface area (Å²) in [6, 6.07) is 6.23. The van der Waals surface area contributed by atoms with Crippen molar-refractivity contribution in [3.63, 3.8) is 0 Å². The van der Waals surface area contributed by atoms with E-state index in [1.807, 2.05) is 0 Å². The van der Waals surface area contributed by atoms with Crippen LogP contribution in [0.4, 0.5) is 0 Å². The van der Waals surface area contributed by atoms with Crippen molar-refractivity contribution < 1.29 is 4.42 Å². The van der Waals surface area contributed by atoms with Crippen molar-refractivity contribution in [2.75, 3.05) is 13.1 Å². The van der Waals surface area contributed by atoms with E-state index >= 15 is 0 Å². The van der Waals surface area contributed by atoms with Gasteiger partial charge < -0.3 is 9.73 Å². The summed E-state index contributed by atoms with van der Waals surface area (Å²) in [6.45, 7) is 6.45. The molecule has 0 amide bonds. The summed E-state index contributed by atoms with van der Waals surface area (Å²) in [4.78, 5) is 4.73. The lowest BCUT2D eigenvalue weighted by Crippen LogP contribution is -2.39. The number of nitrogens with zero attached hydrogens (tertiary/aromatic N) is 1. The zero-order chi connectivity index (χ0) is 12.6. The third-order valence-corrected chi connectivity index (χ3v) is 4.24. The highest BCUT2D eigenvalue weighted by atomic mass is 16.3. The molecule has 0 unspecified atom stereocenters. The Labute approximate surface area is 108 Å². The minimum Gasteiger partial charge on any atom is -0.440 e. The van der Waals surface area contributed by atoms with Gasteiger partial charge in [-0.1, -0.05) is 13.0 Å². The van der Waals surface area contributed by atoms with Crippen LogP contribution in [0.5, 0.6) is 0 Å². The van der Waals surface area contributed by atoms with E-state index in [9.17, 15) is 0 Å². The van der Waals surface area contributed by atoms with Crippen LogP contribution in [-0.2, 0) is 5.41 Å². The van der Waals surface area contributed by atoms with E-state index < -0.39 is 0 Å². The fourth-order valence-electron chi connectivity index (χ4n) is 2.88. The number of fused-ring (bicyclic) bond motifs is 1. The first kappa shape index (κ1) is 11.7. The zero-order valence-electron chi connectivity index (χ0n) is 11.1. The lowest BCUT2D eigenvalue weighted by atomic mass is 9.76. The third-order valence-electron chi connectivity index (χ3n) is 4.24. The number of rotatable bonds is 2. The fourth-order valence-corrected chi connectivity index (χ4v) is 2.88. The molecule has 0 aliphatic carbocycles. The molecular formula is C15H20N2O. The van der Waals surface area contributed by atoms with Gasteiger partial charge in [-0.2, -0.15) is 0 Å². The van der Waals surface area contributed by atoms with Gasteiger partial charge in [-0.05, 0) is 57.0 Å². The topological polar surface area (TPSA) is 38.1 Å². The quantitative estimate of drug-likeness (QED) is 0.881. The molecule has 1 aliphatic rings. The van der Waals surface area contributed by atoms with Gasteiger partial charge in [-0.3, -0.25) is 0 Å². The smallest absolute Gasteiger partial charge is 0.201 e. The van der Waals surface area contributed by atoms with Crippen molar-refractivity contribution in [3.8, 4) is 0 Å². The Morgan fingerprint density at radius 1 is 1.33 bits per heavy atom. The van der Waals surface area contributed by atoms with E-state index in [1.165, 1.54) is 5.56 Å². The van der Waals surface area contributed by atoms with Crippen LogP contribution in [0.3, 0.4) is 0 Å². The summed E-state index contributed by atoms with van der Waals surface area (Å²) in [5.74, 6) is 0.937. The Bertz CT molecular complexity index is 553. The van der Waals surface area contributed by atoms with Crippen LogP contribution in [0.2, 0.25) is 0 Å². The van der Waals surface area contributed by atoms with Gasteiger partial charge in [0.2, 0.25) is 5.89 Å². The molecule has 3 rings (SSSR count). The van der Waals surface area contributed by atoms with Crippen molar-refractivity contribution in [2.45, 2.75) is 38.5 Å². The number of piperidine rings is 1. The lowest BCUT2D eigenvalue weighted by molar-refractivity contribution is 0.243. The average Bonchev–Trinajstić information content (AvgIpc) is 2.83. The molecule has 1 aromatic heterocycles. The summed E-state index contributed by atoms with van der Waals surface area (Å²) in [5.41, 5.74) is 3.28. The summed E-state index contributed by atoms with van der Waals surface area (Å²) >= 11 is 0. The van der Waals surface area contributed by atoms with Crippen LogP contribution >= 0.6 is 0 Å². The Morgan fingerprint density at radius 3 is 2.83 bits per heavy atom. The predicted octanol–water partition coefficient (Wildman–Crippen LogP) is 3.17. The van der Waals surface area contributed by atoms with Crippen LogP contribution in [0.15, 0.2) is 22.6 Å². The van der Waals surface area contributed by atoms with Gasteiger partial charge in [-0.15, -0.1) is 0 Å². The summed E-state index contributed by atoms with van der Waals surface area (Å²) in [7, 11) is 0. The maximum atomic E-state index is 6.04. The van der Waals surface area contributed by atoms with Crippen molar-refractivity contribution in [3.05, 3.63) is 29.7 Å². The Morgan fingerprint density at radius 2 is 2.11 bits per heavy atom. The molecule has 18 heavy (non-hydrogen) atoms. The molecule has 1 fully saturated rings. The average molecular weight is 244 g/mol. The maximum Gasteiger partial charge on any atom is 0.201 e. The van der Waals surface area contributed by atoms with Gasteiger partial charge in [0, 0.05) is 5.41 Å². The van der Waals surface area contributed by atoms with E-state index in [1.54, 1.807) is 0 Å². The zero-order valence-corrected chi connectivity index (χ0v) is 11.1. The highest BCUT2D eigenvalue weighted by Gasteiger charge is 2.36. The van der Waals surface area contributed by atoms with Crippen LogP contribution in [0.1, 0.15) is 37.6 Å². The van der Waals surface area contributed by atoms with Crippen LogP contribution in [0, 0.1) is 6.92 Å². The van der Waals surface area contributed by atoms with Crippen molar-refractivity contribution in [2.24, 2.45) is 0 Å². The number of hydrogen-bond acceptors (Lipinski definition) is 3. The minimum atomic E-state index is 0.137. The Hall–Kier alpha value is -1.35. The second kappa shape index (κ2) is 4.39. The Balaban J connectivity index is 2.06. The van der Waals surface area contributed by atoms with Crippen molar-refractivity contribution in [1.82, 2.24) is 10.3 Å². The monoisotopic (exact) mass is 244 g/mol. The van der Waals surface area contributed by atoms with Crippen LogP contribution in [-0.4, -0.2) is 18.1 Å². The SMILES string of the molecule is CCC1(c2nc3ccc(C)cc3o2)CCNCC1. The van der Waals surface area contributed by atoms with Gasteiger partial charge in [0.05, 0.1) is 0 Å². The molecule has 1 aromatic carbocycles. The van der Waals surface area contributed by atoms with Crippen molar-refractivity contribution in [1.29, 1.82) is 0 Å². The largest absolute Gasteiger partial charge is 0.440 e. The van der Waals surface area contributed by atoms with Gasteiger partial charge >= 0.3 is 0 Å². The van der Waals surface area contributed by atoms with E-state index in [2.05, 4.69) is 37.4 Å². The first-order valence-corrected chi connectivity index (χ1v) is 6.82. The van der Waals surface area contributed by atoms with Gasteiger partial charge in [0.1, 0.15) is 5.52 Å². The molecule has 0 atom stereocenters. The number of nitrogens with one attached hydrogen (secondary N) is 1. The summed E-state index contributed by atoms with van der Waals surface area (Å²) in [5, 5.41) is 3.42. The molecule has 0 saturated carbocycles. The normalized spacial score (nSPS) is 19.2. The van der Waals surface area contributed by atoms with E-state index in [4.69, 9.17) is 9.40 Å². The number of aryl methyl sites for hydroxylation is 1. The van der Waals surface area contributed by atoms with Gasteiger partial charge in [0.25, 0.3) is 0 Å². The first-order valence-electron chi connectivity index (χ1n) is 6.82. The number of hydrogen-bond donors (Lipinski definition) is 1. The minimum absolute atomic E-state index is 0.137. The molecule has 2 heterocycles. The van der Waals surface area contributed by atoms with E-state index in [0.717, 1.165) is 49.3 Å². The molecule has 1 N–H and O–H groups in total. The van der Waals surface area contributed by atoms with Gasteiger partial charge in [-0.25, -0.2) is 4.98 Å². The van der Waals surface area contributed by atoms with Gasteiger partial charge in [0.15, 0.2) is 5.58 Å². The van der Waals surface area contributed by atoms with Crippen LogP contribution in [0.25, 0.3) is 11.1 Å². The molecule has 96 valence electrons. The predicted molar refractivity (Wildman–Crippen MR) is 72.8 cm³/mol. The Kier molecular flexibility index (Phi) is 2.86. The molecule has 3 heteroatoms. The number of oxazole rings is 1.